The van der Waals surface area contributed by atoms with Crippen molar-refractivity contribution in [1.29, 1.82) is 0 Å². The molecule has 24 heavy (non-hydrogen) atoms. The zero-order valence-electron chi connectivity index (χ0n) is 12.9. The first kappa shape index (κ1) is 16.3. The maximum atomic E-state index is 12.3. The molecule has 4 N–H and O–H groups in total. The topological polar surface area (TPSA) is 132 Å². The lowest BCUT2D eigenvalue weighted by Gasteiger charge is -2.28. The lowest BCUT2D eigenvalue weighted by atomic mass is 10.1. The number of nitrogens with zero attached hydrogens (tertiary/aromatic N) is 3. The molecule has 0 spiro atoms. The third-order valence-corrected chi connectivity index (χ3v) is 3.66. The standard InChI is InChI=1S/C14H18N6O4/c21-8-12(14(23)18-20-3-5-24-6-4-20)15-13(22)9-1-2-10-11(7-9)17-19-16-10/h1-2,7,12,21H,3-6,8H2,(H,15,22)(H,18,23)(H,16,17,19). The van der Waals surface area contributed by atoms with Crippen LogP contribution in [0.25, 0.3) is 11.0 Å². The van der Waals surface area contributed by atoms with Crippen molar-refractivity contribution in [3.8, 4) is 0 Å². The number of aliphatic hydroxyl groups is 1. The van der Waals surface area contributed by atoms with Gasteiger partial charge in [-0.25, -0.2) is 5.01 Å². The predicted molar refractivity (Wildman–Crippen MR) is 82.8 cm³/mol. The van der Waals surface area contributed by atoms with Gasteiger partial charge in [0.2, 0.25) is 0 Å². The van der Waals surface area contributed by atoms with Gasteiger partial charge in [0, 0.05) is 18.7 Å². The highest BCUT2D eigenvalue weighted by Crippen LogP contribution is 2.10. The number of aromatic nitrogens is 3. The van der Waals surface area contributed by atoms with Gasteiger partial charge in [0.15, 0.2) is 0 Å². The minimum Gasteiger partial charge on any atom is -0.394 e. The predicted octanol–water partition coefficient (Wildman–Crippen LogP) is -1.59. The van der Waals surface area contributed by atoms with Crippen molar-refractivity contribution < 1.29 is 19.4 Å². The number of benzene rings is 1. The Hall–Kier alpha value is -2.56. The Morgan fingerprint density at radius 2 is 2.04 bits per heavy atom. The van der Waals surface area contributed by atoms with Gasteiger partial charge in [-0.1, -0.05) is 0 Å². The molecule has 2 heterocycles. The van der Waals surface area contributed by atoms with Gasteiger partial charge < -0.3 is 15.2 Å². The number of fused-ring (bicyclic) bond motifs is 1. The van der Waals surface area contributed by atoms with Gasteiger partial charge in [0.1, 0.15) is 17.1 Å². The molecule has 1 aliphatic heterocycles. The van der Waals surface area contributed by atoms with E-state index in [0.717, 1.165) is 0 Å². The van der Waals surface area contributed by atoms with Gasteiger partial charge in [0.05, 0.1) is 19.8 Å². The summed E-state index contributed by atoms with van der Waals surface area (Å²) in [5.74, 6) is -0.952. The molecular formula is C14H18N6O4. The molecule has 0 saturated carbocycles. The van der Waals surface area contributed by atoms with Crippen molar-refractivity contribution in [1.82, 2.24) is 31.2 Å². The van der Waals surface area contributed by atoms with Gasteiger partial charge in [-0.2, -0.15) is 15.4 Å². The van der Waals surface area contributed by atoms with Crippen LogP contribution in [0.2, 0.25) is 0 Å². The molecule has 0 aliphatic carbocycles. The van der Waals surface area contributed by atoms with Crippen LogP contribution in [0.5, 0.6) is 0 Å². The number of rotatable bonds is 5. The minimum absolute atomic E-state index is 0.328. The molecule has 1 aliphatic rings. The van der Waals surface area contributed by atoms with Gasteiger partial charge >= 0.3 is 0 Å². The number of carbonyl (C=O) groups is 2. The van der Waals surface area contributed by atoms with Crippen LogP contribution in [0.1, 0.15) is 10.4 Å². The number of H-pyrrole nitrogens is 1. The normalized spacial score (nSPS) is 16.7. The highest BCUT2D eigenvalue weighted by molar-refractivity contribution is 5.99. The second-order valence-electron chi connectivity index (χ2n) is 5.31. The van der Waals surface area contributed by atoms with Crippen molar-refractivity contribution >= 4 is 22.8 Å². The summed E-state index contributed by atoms with van der Waals surface area (Å²) in [6.45, 7) is 1.65. The van der Waals surface area contributed by atoms with E-state index in [2.05, 4.69) is 26.2 Å². The number of hydrogen-bond donors (Lipinski definition) is 4. The van der Waals surface area contributed by atoms with Crippen molar-refractivity contribution in [2.45, 2.75) is 6.04 Å². The molecular weight excluding hydrogens is 316 g/mol. The summed E-state index contributed by atoms with van der Waals surface area (Å²) in [7, 11) is 0. The number of hydrazine groups is 1. The Morgan fingerprint density at radius 1 is 1.29 bits per heavy atom. The van der Waals surface area contributed by atoms with Gasteiger partial charge in [0.25, 0.3) is 11.8 Å². The molecule has 10 heteroatoms. The Bertz CT molecular complexity index is 727. The average Bonchev–Trinajstić information content (AvgIpc) is 3.07. The summed E-state index contributed by atoms with van der Waals surface area (Å²) in [6.07, 6.45) is 0. The smallest absolute Gasteiger partial charge is 0.259 e. The molecule has 0 radical (unpaired) electrons. The summed E-state index contributed by atoms with van der Waals surface area (Å²) in [4.78, 5) is 24.5. The van der Waals surface area contributed by atoms with E-state index in [4.69, 9.17) is 4.74 Å². The Balaban J connectivity index is 1.62. The lowest BCUT2D eigenvalue weighted by Crippen LogP contribution is -2.56. The minimum atomic E-state index is -1.05. The molecule has 1 aromatic carbocycles. The first-order valence-electron chi connectivity index (χ1n) is 7.53. The van der Waals surface area contributed by atoms with Crippen molar-refractivity contribution in [3.63, 3.8) is 0 Å². The molecule has 1 atom stereocenters. The highest BCUT2D eigenvalue weighted by Gasteiger charge is 2.23. The van der Waals surface area contributed by atoms with Crippen LogP contribution >= 0.6 is 0 Å². The van der Waals surface area contributed by atoms with Crippen LogP contribution in [-0.4, -0.2) is 76.3 Å². The largest absolute Gasteiger partial charge is 0.394 e. The van der Waals surface area contributed by atoms with E-state index in [0.29, 0.717) is 42.9 Å². The average molecular weight is 334 g/mol. The molecule has 3 rings (SSSR count). The second-order valence-corrected chi connectivity index (χ2v) is 5.31. The van der Waals surface area contributed by atoms with E-state index in [9.17, 15) is 14.7 Å². The fourth-order valence-corrected chi connectivity index (χ4v) is 2.33. The zero-order chi connectivity index (χ0) is 16.9. The lowest BCUT2D eigenvalue weighted by molar-refractivity contribution is -0.130. The molecule has 1 saturated heterocycles. The maximum absolute atomic E-state index is 12.3. The Morgan fingerprint density at radius 3 is 2.79 bits per heavy atom. The number of carbonyl (C=O) groups excluding carboxylic acids is 2. The van der Waals surface area contributed by atoms with Crippen LogP contribution in [0.3, 0.4) is 0 Å². The first-order valence-corrected chi connectivity index (χ1v) is 7.53. The number of aromatic amines is 1. The van der Waals surface area contributed by atoms with E-state index in [1.54, 1.807) is 23.2 Å². The third kappa shape index (κ3) is 3.67. The van der Waals surface area contributed by atoms with Crippen LogP contribution in [0.15, 0.2) is 18.2 Å². The summed E-state index contributed by atoms with van der Waals surface area (Å²) in [5.41, 5.74) is 4.17. The van der Waals surface area contributed by atoms with Crippen molar-refractivity contribution in [2.75, 3.05) is 32.9 Å². The second kappa shape index (κ2) is 7.34. The fraction of sp³-hybridized carbons (Fsp3) is 0.429. The molecule has 2 aromatic rings. The molecule has 1 fully saturated rings. The number of hydrogen-bond acceptors (Lipinski definition) is 7. The molecule has 2 amide bonds. The summed E-state index contributed by atoms with van der Waals surface area (Å²) < 4.78 is 5.19. The number of amides is 2. The number of morpholine rings is 1. The molecule has 1 unspecified atom stereocenters. The third-order valence-electron chi connectivity index (χ3n) is 3.66. The van der Waals surface area contributed by atoms with Crippen LogP contribution in [-0.2, 0) is 9.53 Å². The molecule has 128 valence electrons. The maximum Gasteiger partial charge on any atom is 0.259 e. The number of aliphatic hydroxyl groups excluding tert-OH is 1. The fourth-order valence-electron chi connectivity index (χ4n) is 2.33. The Labute approximate surface area is 137 Å². The number of ether oxygens (including phenoxy) is 1. The van der Waals surface area contributed by atoms with E-state index < -0.39 is 24.5 Å². The molecule has 0 bridgehead atoms. The zero-order valence-corrected chi connectivity index (χ0v) is 12.9. The Kier molecular flexibility index (Phi) is 4.99. The van der Waals surface area contributed by atoms with Crippen LogP contribution in [0, 0.1) is 0 Å². The van der Waals surface area contributed by atoms with Gasteiger partial charge in [-0.3, -0.25) is 15.0 Å². The van der Waals surface area contributed by atoms with Crippen LogP contribution in [0.4, 0.5) is 0 Å². The SMILES string of the molecule is O=C(NC(CO)C(=O)NN1CCOCC1)c1ccc2n[nH]nc2c1. The van der Waals surface area contributed by atoms with Gasteiger partial charge in [-0.15, -0.1) is 0 Å². The summed E-state index contributed by atoms with van der Waals surface area (Å²) in [6, 6.07) is 3.74. The van der Waals surface area contributed by atoms with E-state index in [-0.39, 0.29) is 0 Å². The van der Waals surface area contributed by atoms with Crippen molar-refractivity contribution in [3.05, 3.63) is 23.8 Å². The summed E-state index contributed by atoms with van der Waals surface area (Å²) in [5, 5.41) is 23.9. The molecule has 10 nitrogen and oxygen atoms in total. The number of nitrogens with one attached hydrogen (secondary N) is 3. The quantitative estimate of drug-likeness (QED) is 0.518. The van der Waals surface area contributed by atoms with Crippen molar-refractivity contribution in [2.24, 2.45) is 0 Å². The summed E-state index contributed by atoms with van der Waals surface area (Å²) >= 11 is 0. The van der Waals surface area contributed by atoms with Crippen LogP contribution < -0.4 is 10.7 Å². The molecule has 1 aromatic heterocycles. The van der Waals surface area contributed by atoms with E-state index in [1.165, 1.54) is 0 Å². The van der Waals surface area contributed by atoms with E-state index in [1.807, 2.05) is 0 Å². The monoisotopic (exact) mass is 334 g/mol. The van der Waals surface area contributed by atoms with Gasteiger partial charge in [-0.05, 0) is 18.2 Å². The highest BCUT2D eigenvalue weighted by atomic mass is 16.5. The van der Waals surface area contributed by atoms with E-state index >= 15 is 0 Å². The first-order chi connectivity index (χ1) is 11.7.